The van der Waals surface area contributed by atoms with Crippen LogP contribution in [0.2, 0.25) is 0 Å². The largest absolute Gasteiger partial charge is 0.493 e. The molecule has 2 aromatic rings. The van der Waals surface area contributed by atoms with E-state index in [0.717, 1.165) is 30.6 Å². The Morgan fingerprint density at radius 2 is 1.54 bits per heavy atom. The van der Waals surface area contributed by atoms with Crippen molar-refractivity contribution in [1.82, 2.24) is 0 Å². The first-order chi connectivity index (χ1) is 18.7. The van der Waals surface area contributed by atoms with Crippen molar-refractivity contribution in [2.75, 3.05) is 24.2 Å². The predicted molar refractivity (Wildman–Crippen MR) is 158 cm³/mol. The highest BCUT2D eigenvalue weighted by Gasteiger charge is 2.21. The molecule has 0 aliphatic carbocycles. The van der Waals surface area contributed by atoms with Crippen molar-refractivity contribution in [2.45, 2.75) is 97.5 Å². The Hall–Kier alpha value is -2.74. The molecule has 0 heterocycles. The van der Waals surface area contributed by atoms with E-state index in [1.807, 2.05) is 26.0 Å². The molecule has 0 saturated carbocycles. The van der Waals surface area contributed by atoms with Crippen molar-refractivity contribution in [2.24, 2.45) is 0 Å². The molecule has 0 bridgehead atoms. The van der Waals surface area contributed by atoms with Crippen molar-refractivity contribution in [1.29, 1.82) is 0 Å². The average Bonchev–Trinajstić information content (AvgIpc) is 2.90. The van der Waals surface area contributed by atoms with E-state index in [1.165, 1.54) is 44.8 Å². The average molecular weight is 562 g/mol. The van der Waals surface area contributed by atoms with Crippen molar-refractivity contribution in [3.63, 3.8) is 0 Å². The fourth-order valence-electron chi connectivity index (χ4n) is 4.35. The van der Waals surface area contributed by atoms with Gasteiger partial charge in [-0.2, -0.15) is 0 Å². The van der Waals surface area contributed by atoms with Gasteiger partial charge < -0.3 is 14.2 Å². The van der Waals surface area contributed by atoms with Crippen LogP contribution in [0.5, 0.6) is 11.5 Å². The number of nitrogens with one attached hydrogen (secondary N) is 1. The summed E-state index contributed by atoms with van der Waals surface area (Å²) in [5.74, 6) is 0.932. The van der Waals surface area contributed by atoms with Gasteiger partial charge in [0, 0.05) is 5.69 Å². The fraction of sp³-hybridized carbons (Fsp3) is 0.581. The van der Waals surface area contributed by atoms with Crippen LogP contribution in [0.15, 0.2) is 42.5 Å². The maximum Gasteiger partial charge on any atom is 0.347 e. The summed E-state index contributed by atoms with van der Waals surface area (Å²) in [4.78, 5) is 12.2. The second kappa shape index (κ2) is 17.8. The highest BCUT2D eigenvalue weighted by Crippen LogP contribution is 2.22. The summed E-state index contributed by atoms with van der Waals surface area (Å²) in [6, 6.07) is 12.6. The van der Waals surface area contributed by atoms with Crippen molar-refractivity contribution in [3.05, 3.63) is 53.6 Å². The normalized spacial score (nSPS) is 12.1. The Labute approximate surface area is 235 Å². The third kappa shape index (κ3) is 13.2. The van der Waals surface area contributed by atoms with Crippen LogP contribution in [0.4, 0.5) is 5.69 Å². The summed E-state index contributed by atoms with van der Waals surface area (Å²) in [5, 5.41) is 0. The SMILES string of the molecule is CCCCCCCCCCC(Oc1ccc(NS(=O)(=O)CCCCOc2ccc(C)cc2C)cc1)C(=O)OC. The molecule has 7 nitrogen and oxygen atoms in total. The van der Waals surface area contributed by atoms with Gasteiger partial charge in [-0.3, -0.25) is 4.72 Å². The van der Waals surface area contributed by atoms with E-state index in [0.29, 0.717) is 37.3 Å². The fourth-order valence-corrected chi connectivity index (χ4v) is 5.54. The number of aryl methyl sites for hydroxylation is 2. The van der Waals surface area contributed by atoms with Gasteiger partial charge in [-0.1, -0.05) is 69.6 Å². The second-order valence-electron chi connectivity index (χ2n) is 10.2. The van der Waals surface area contributed by atoms with Crippen LogP contribution in [0, 0.1) is 13.8 Å². The number of sulfonamides is 1. The van der Waals surface area contributed by atoms with Crippen LogP contribution < -0.4 is 14.2 Å². The molecule has 0 fully saturated rings. The first-order valence-electron chi connectivity index (χ1n) is 14.3. The van der Waals surface area contributed by atoms with E-state index in [2.05, 4.69) is 17.7 Å². The molecule has 1 unspecified atom stereocenters. The molecule has 0 aliphatic rings. The van der Waals surface area contributed by atoms with E-state index in [-0.39, 0.29) is 5.75 Å². The summed E-state index contributed by atoms with van der Waals surface area (Å²) in [6.45, 7) is 6.71. The number of benzene rings is 2. The zero-order chi connectivity index (χ0) is 28.5. The Bertz CT molecular complexity index is 1080. The topological polar surface area (TPSA) is 90.9 Å². The standard InChI is InChI=1S/C31H47NO6S/c1-5-6-7-8-9-10-11-12-15-30(31(33)36-4)38-28-19-17-27(18-20-28)32-39(34,35)23-14-13-22-37-29-21-16-25(2)24-26(29)3/h16-21,24,30,32H,5-15,22-23H2,1-4H3. The monoisotopic (exact) mass is 561 g/mol. The lowest BCUT2D eigenvalue weighted by atomic mass is 10.1. The van der Waals surface area contributed by atoms with Gasteiger partial charge in [0.15, 0.2) is 6.10 Å². The quantitative estimate of drug-likeness (QED) is 0.134. The Balaban J connectivity index is 1.74. The van der Waals surface area contributed by atoms with Gasteiger partial charge in [0.05, 0.1) is 19.5 Å². The molecule has 1 N–H and O–H groups in total. The molecule has 0 radical (unpaired) electrons. The first-order valence-corrected chi connectivity index (χ1v) is 15.9. The van der Waals surface area contributed by atoms with Gasteiger partial charge >= 0.3 is 5.97 Å². The third-order valence-electron chi connectivity index (χ3n) is 6.59. The molecule has 39 heavy (non-hydrogen) atoms. The molecular weight excluding hydrogens is 514 g/mol. The minimum absolute atomic E-state index is 0.00447. The summed E-state index contributed by atoms with van der Waals surface area (Å²) >= 11 is 0. The van der Waals surface area contributed by atoms with Crippen LogP contribution in [0.3, 0.4) is 0 Å². The van der Waals surface area contributed by atoms with Crippen LogP contribution in [-0.2, 0) is 19.6 Å². The molecule has 0 spiro atoms. The highest BCUT2D eigenvalue weighted by atomic mass is 32.2. The number of anilines is 1. The van der Waals surface area contributed by atoms with Gasteiger partial charge in [0.25, 0.3) is 0 Å². The summed E-state index contributed by atoms with van der Waals surface area (Å²) in [6.07, 6.45) is 10.5. The molecule has 2 rings (SSSR count). The van der Waals surface area contributed by atoms with E-state index in [9.17, 15) is 13.2 Å². The maximum atomic E-state index is 12.5. The van der Waals surface area contributed by atoms with E-state index >= 15 is 0 Å². The Kier molecular flexibility index (Phi) is 14.8. The smallest absolute Gasteiger partial charge is 0.347 e. The summed E-state index contributed by atoms with van der Waals surface area (Å²) in [5.41, 5.74) is 2.70. The van der Waals surface area contributed by atoms with Crippen LogP contribution in [0.1, 0.15) is 88.7 Å². The van der Waals surface area contributed by atoms with Crippen molar-refractivity contribution < 1.29 is 27.4 Å². The number of hydrogen-bond acceptors (Lipinski definition) is 6. The lowest BCUT2D eigenvalue weighted by Crippen LogP contribution is -2.28. The number of methoxy groups -OCH3 is 1. The lowest BCUT2D eigenvalue weighted by Gasteiger charge is -2.17. The van der Waals surface area contributed by atoms with E-state index < -0.39 is 22.1 Å². The highest BCUT2D eigenvalue weighted by molar-refractivity contribution is 7.92. The molecule has 0 aromatic heterocycles. The van der Waals surface area contributed by atoms with Crippen LogP contribution in [0.25, 0.3) is 0 Å². The number of hydrogen-bond donors (Lipinski definition) is 1. The number of ether oxygens (including phenoxy) is 3. The second-order valence-corrected chi connectivity index (χ2v) is 12.0. The molecular formula is C31H47NO6S. The Morgan fingerprint density at radius 1 is 0.872 bits per heavy atom. The van der Waals surface area contributed by atoms with Crippen molar-refractivity contribution >= 4 is 21.7 Å². The first kappa shape index (κ1) is 32.5. The summed E-state index contributed by atoms with van der Waals surface area (Å²) in [7, 11) is -2.13. The van der Waals surface area contributed by atoms with E-state index in [4.69, 9.17) is 14.2 Å². The lowest BCUT2D eigenvalue weighted by molar-refractivity contribution is -0.149. The molecule has 218 valence electrons. The summed E-state index contributed by atoms with van der Waals surface area (Å²) < 4.78 is 44.2. The number of esters is 1. The number of carbonyl (C=O) groups excluding carboxylic acids is 1. The maximum absolute atomic E-state index is 12.5. The van der Waals surface area contributed by atoms with Gasteiger partial charge in [0.2, 0.25) is 10.0 Å². The molecule has 1 atom stereocenters. The minimum atomic E-state index is -3.49. The zero-order valence-corrected chi connectivity index (χ0v) is 25.0. The number of carbonyl (C=O) groups is 1. The van der Waals surface area contributed by atoms with Crippen LogP contribution in [-0.4, -0.2) is 40.0 Å². The van der Waals surface area contributed by atoms with Gasteiger partial charge in [0.1, 0.15) is 11.5 Å². The minimum Gasteiger partial charge on any atom is -0.493 e. The van der Waals surface area contributed by atoms with E-state index in [1.54, 1.807) is 24.3 Å². The third-order valence-corrected chi connectivity index (χ3v) is 7.96. The van der Waals surface area contributed by atoms with Crippen LogP contribution >= 0.6 is 0 Å². The van der Waals surface area contributed by atoms with Gasteiger partial charge in [-0.25, -0.2) is 13.2 Å². The van der Waals surface area contributed by atoms with Gasteiger partial charge in [-0.05, 0) is 75.4 Å². The predicted octanol–water partition coefficient (Wildman–Crippen LogP) is 7.36. The van der Waals surface area contributed by atoms with Crippen molar-refractivity contribution in [3.8, 4) is 11.5 Å². The molecule has 0 amide bonds. The number of unbranched alkanes of at least 4 members (excludes halogenated alkanes) is 8. The molecule has 0 saturated heterocycles. The zero-order valence-electron chi connectivity index (χ0n) is 24.2. The Morgan fingerprint density at radius 3 is 2.18 bits per heavy atom. The molecule has 8 heteroatoms. The molecule has 0 aliphatic heterocycles. The molecule has 2 aromatic carbocycles. The number of rotatable bonds is 20. The van der Waals surface area contributed by atoms with Gasteiger partial charge in [-0.15, -0.1) is 0 Å².